The van der Waals surface area contributed by atoms with Crippen LogP contribution in [0, 0.1) is 11.3 Å². The average Bonchev–Trinajstić information content (AvgIpc) is 2.85. The van der Waals surface area contributed by atoms with Gasteiger partial charge in [0.25, 0.3) is 5.91 Å². The summed E-state index contributed by atoms with van der Waals surface area (Å²) in [7, 11) is 0. The highest BCUT2D eigenvalue weighted by atomic mass is 32.1. The molecule has 1 unspecified atom stereocenters. The second-order valence-electron chi connectivity index (χ2n) is 7.52. The molecule has 6 nitrogen and oxygen atoms in total. The van der Waals surface area contributed by atoms with Crippen LogP contribution in [0.5, 0.6) is 0 Å². The van der Waals surface area contributed by atoms with Crippen molar-refractivity contribution in [3.05, 3.63) is 53.6 Å². The highest BCUT2D eigenvalue weighted by Crippen LogP contribution is 2.42. The van der Waals surface area contributed by atoms with Crippen LogP contribution < -0.4 is 15.1 Å². The number of benzene rings is 2. The fourth-order valence-electron chi connectivity index (χ4n) is 3.54. The van der Waals surface area contributed by atoms with Crippen molar-refractivity contribution in [2.45, 2.75) is 38.0 Å². The van der Waals surface area contributed by atoms with Gasteiger partial charge in [-0.05, 0) is 56.3 Å². The highest BCUT2D eigenvalue weighted by molar-refractivity contribution is 7.81. The minimum atomic E-state index is -4.75. The molecule has 0 bridgehead atoms. The Balaban J connectivity index is 2.03. The number of halogens is 3. The normalized spacial score (nSPS) is 18.1. The molecule has 3 rings (SSSR count). The van der Waals surface area contributed by atoms with E-state index in [0.717, 1.165) is 12.1 Å². The largest absolute Gasteiger partial charge is 0.417 e. The van der Waals surface area contributed by atoms with E-state index < -0.39 is 34.2 Å². The molecule has 2 aromatic carbocycles. The standard InChI is InChI=1S/C21H19F3N4O2S/c1-12(29)26-14-5-8-15(9-6-14)28-19(31)27(18(30)20(28,2)3)16-7-4-13(11-25)17(10-16)21(22,23)24/h4-10,19,31H,1-3H3,(H,26,29). The fraction of sp³-hybridized carbons (Fsp3) is 0.286. The second kappa shape index (κ2) is 7.81. The molecule has 0 spiro atoms. The molecule has 2 amide bonds. The van der Waals surface area contributed by atoms with Crippen LogP contribution in [0.3, 0.4) is 0 Å². The molecule has 31 heavy (non-hydrogen) atoms. The summed E-state index contributed by atoms with van der Waals surface area (Å²) in [5, 5.41) is 11.7. The Kier molecular flexibility index (Phi) is 5.67. The van der Waals surface area contributed by atoms with Gasteiger partial charge in [0.2, 0.25) is 5.91 Å². The second-order valence-corrected chi connectivity index (χ2v) is 7.98. The maximum atomic E-state index is 13.4. The van der Waals surface area contributed by atoms with Crippen molar-refractivity contribution in [3.8, 4) is 6.07 Å². The molecule has 1 N–H and O–H groups in total. The highest BCUT2D eigenvalue weighted by Gasteiger charge is 2.51. The Morgan fingerprint density at radius 3 is 2.26 bits per heavy atom. The van der Waals surface area contributed by atoms with Crippen molar-refractivity contribution >= 4 is 41.5 Å². The van der Waals surface area contributed by atoms with Crippen LogP contribution >= 0.6 is 12.6 Å². The molecule has 10 heteroatoms. The molecule has 1 heterocycles. The fourth-order valence-corrected chi connectivity index (χ4v) is 4.20. The summed E-state index contributed by atoms with van der Waals surface area (Å²) in [5.74, 6) is -0.680. The van der Waals surface area contributed by atoms with E-state index in [1.54, 1.807) is 43.0 Å². The molecule has 1 aliphatic rings. The van der Waals surface area contributed by atoms with Gasteiger partial charge in [-0.25, -0.2) is 0 Å². The van der Waals surface area contributed by atoms with Crippen LogP contribution in [0.25, 0.3) is 0 Å². The van der Waals surface area contributed by atoms with E-state index in [-0.39, 0.29) is 11.6 Å². The van der Waals surface area contributed by atoms with E-state index in [0.29, 0.717) is 11.4 Å². The zero-order valence-corrected chi connectivity index (χ0v) is 17.8. The lowest BCUT2D eigenvalue weighted by molar-refractivity contribution is -0.137. The predicted octanol–water partition coefficient (Wildman–Crippen LogP) is 4.38. The molecule has 0 radical (unpaired) electrons. The maximum Gasteiger partial charge on any atom is 0.417 e. The Bertz CT molecular complexity index is 1080. The SMILES string of the molecule is CC(=O)Nc1ccc(N2C(S)N(c3ccc(C#N)c(C(F)(F)F)c3)C(=O)C2(C)C)cc1. The number of carbonyl (C=O) groups is 2. The summed E-state index contributed by atoms with van der Waals surface area (Å²) < 4.78 is 40.2. The van der Waals surface area contributed by atoms with Gasteiger partial charge in [0.05, 0.1) is 17.2 Å². The third kappa shape index (κ3) is 4.05. The van der Waals surface area contributed by atoms with Crippen LogP contribution in [0.1, 0.15) is 31.9 Å². The van der Waals surface area contributed by atoms with Gasteiger partial charge in [-0.1, -0.05) is 0 Å². The van der Waals surface area contributed by atoms with E-state index in [9.17, 15) is 22.8 Å². The first-order valence-corrected chi connectivity index (χ1v) is 9.69. The van der Waals surface area contributed by atoms with Crippen LogP contribution in [-0.2, 0) is 15.8 Å². The van der Waals surface area contributed by atoms with E-state index in [1.165, 1.54) is 24.0 Å². The Morgan fingerprint density at radius 1 is 1.16 bits per heavy atom. The molecule has 0 aromatic heterocycles. The predicted molar refractivity (Wildman–Crippen MR) is 114 cm³/mol. The lowest BCUT2D eigenvalue weighted by atomic mass is 10.0. The number of thiol groups is 1. The van der Waals surface area contributed by atoms with Gasteiger partial charge in [-0.3, -0.25) is 14.5 Å². The summed E-state index contributed by atoms with van der Waals surface area (Å²) >= 11 is 4.53. The van der Waals surface area contributed by atoms with Crippen molar-refractivity contribution in [2.24, 2.45) is 0 Å². The number of nitriles is 1. The molecular formula is C21H19F3N4O2S. The molecule has 1 saturated heterocycles. The number of hydrogen-bond acceptors (Lipinski definition) is 5. The van der Waals surface area contributed by atoms with Gasteiger partial charge in [0, 0.05) is 24.0 Å². The Labute approximate surface area is 182 Å². The van der Waals surface area contributed by atoms with Crippen LogP contribution in [0.2, 0.25) is 0 Å². The number of carbonyl (C=O) groups excluding carboxylic acids is 2. The van der Waals surface area contributed by atoms with Gasteiger partial charge in [-0.2, -0.15) is 18.4 Å². The van der Waals surface area contributed by atoms with Gasteiger partial charge >= 0.3 is 6.18 Å². The summed E-state index contributed by atoms with van der Waals surface area (Å²) in [4.78, 5) is 27.2. The van der Waals surface area contributed by atoms with Crippen molar-refractivity contribution in [1.82, 2.24) is 0 Å². The van der Waals surface area contributed by atoms with Gasteiger partial charge in [-0.15, -0.1) is 12.6 Å². The molecular weight excluding hydrogens is 429 g/mol. The molecule has 1 fully saturated rings. The topological polar surface area (TPSA) is 76.4 Å². The van der Waals surface area contributed by atoms with Gasteiger partial charge < -0.3 is 10.2 Å². The maximum absolute atomic E-state index is 13.4. The lowest BCUT2D eigenvalue weighted by Gasteiger charge is -2.33. The summed E-state index contributed by atoms with van der Waals surface area (Å²) in [6, 6.07) is 11.4. The number of amides is 2. The first-order chi connectivity index (χ1) is 14.4. The van der Waals surface area contributed by atoms with Crippen molar-refractivity contribution in [2.75, 3.05) is 15.1 Å². The number of nitrogens with one attached hydrogen (secondary N) is 1. The third-order valence-electron chi connectivity index (χ3n) is 4.98. The molecule has 162 valence electrons. The third-order valence-corrected chi connectivity index (χ3v) is 5.44. The van der Waals surface area contributed by atoms with Gasteiger partial charge in [0.15, 0.2) is 5.50 Å². The van der Waals surface area contributed by atoms with Crippen molar-refractivity contribution < 1.29 is 22.8 Å². The molecule has 2 aromatic rings. The molecule has 1 atom stereocenters. The lowest BCUT2D eigenvalue weighted by Crippen LogP contribution is -2.44. The van der Waals surface area contributed by atoms with Gasteiger partial charge in [0.1, 0.15) is 5.54 Å². The van der Waals surface area contributed by atoms with E-state index >= 15 is 0 Å². The Hall–Kier alpha value is -3.19. The summed E-state index contributed by atoms with van der Waals surface area (Å²) in [6.07, 6.45) is -4.75. The number of anilines is 3. The summed E-state index contributed by atoms with van der Waals surface area (Å²) in [6.45, 7) is 4.67. The van der Waals surface area contributed by atoms with Crippen LogP contribution in [-0.4, -0.2) is 22.9 Å². The zero-order valence-electron chi connectivity index (χ0n) is 16.9. The van der Waals surface area contributed by atoms with E-state index in [1.807, 2.05) is 0 Å². The van der Waals surface area contributed by atoms with Crippen LogP contribution in [0.4, 0.5) is 30.2 Å². The van der Waals surface area contributed by atoms with E-state index in [2.05, 4.69) is 17.9 Å². The minimum Gasteiger partial charge on any atom is -0.328 e. The monoisotopic (exact) mass is 448 g/mol. The summed E-state index contributed by atoms with van der Waals surface area (Å²) in [5.41, 5.74) is -2.51. The average molecular weight is 448 g/mol. The number of rotatable bonds is 3. The van der Waals surface area contributed by atoms with E-state index in [4.69, 9.17) is 5.26 Å². The zero-order chi connectivity index (χ0) is 23.1. The Morgan fingerprint density at radius 2 is 1.74 bits per heavy atom. The first kappa shape index (κ1) is 22.5. The van der Waals surface area contributed by atoms with Crippen molar-refractivity contribution in [3.63, 3.8) is 0 Å². The molecule has 0 saturated carbocycles. The van der Waals surface area contributed by atoms with Crippen molar-refractivity contribution in [1.29, 1.82) is 5.26 Å². The minimum absolute atomic E-state index is 0.0123. The number of hydrogen-bond donors (Lipinski definition) is 2. The number of alkyl halides is 3. The quantitative estimate of drug-likeness (QED) is 0.684. The van der Waals surface area contributed by atoms with Crippen LogP contribution in [0.15, 0.2) is 42.5 Å². The molecule has 1 aliphatic heterocycles. The first-order valence-electron chi connectivity index (χ1n) is 9.18. The molecule has 0 aliphatic carbocycles. The number of nitrogens with zero attached hydrogens (tertiary/aromatic N) is 3. The smallest absolute Gasteiger partial charge is 0.328 e.